The predicted molar refractivity (Wildman–Crippen MR) is 321 cm³/mol. The number of amides is 9. The van der Waals surface area contributed by atoms with Crippen LogP contribution in [0.5, 0.6) is 5.75 Å². The first-order valence-electron chi connectivity index (χ1n) is 28.4. The fraction of sp³-hybridized carbons (Fsp3) is 0.571. The van der Waals surface area contributed by atoms with Crippen molar-refractivity contribution < 1.29 is 73.2 Å². The molecule has 0 radical (unpaired) electrons. The average molecular weight is 1240 g/mol. The number of carboxylic acid groups (broad SMARTS) is 2. The van der Waals surface area contributed by atoms with Gasteiger partial charge in [-0.3, -0.25) is 52.9 Å². The fourth-order valence-electron chi connectivity index (χ4n) is 9.82. The quantitative estimate of drug-likeness (QED) is 0.0151. The number of nitrogens with zero attached hydrogens (tertiary/aromatic N) is 3. The molecule has 2 aliphatic rings. The second-order valence-electron chi connectivity index (χ2n) is 21.9. The van der Waals surface area contributed by atoms with E-state index in [2.05, 4.69) is 67.5 Å². The summed E-state index contributed by atoms with van der Waals surface area (Å²) in [6.45, 7) is 6.76. The highest BCUT2D eigenvalue weighted by atomic mass is 32.1. The molecule has 2 aliphatic heterocycles. The molecule has 2 fully saturated rings. The van der Waals surface area contributed by atoms with E-state index in [1.54, 1.807) is 58.0 Å². The Morgan fingerprint density at radius 1 is 0.674 bits per heavy atom. The number of benzene rings is 2. The number of aliphatic hydroxyl groups excluding tert-OH is 1. The van der Waals surface area contributed by atoms with Gasteiger partial charge in [0.2, 0.25) is 53.2 Å². The van der Waals surface area contributed by atoms with E-state index in [9.17, 15) is 68.4 Å². The standard InChI is InChI=1S/C56H83N13O15S2/c1-5-30(4)45(52(80)64-37(21-29(2)3)48(76)66-41(28-86)55(83)84)67-51(79)43-24-34(71)26-69(43)54(82)42-14-10-20-68(42)53(81)40(23-31-11-7-6-8-12-31)65-49(77)38(22-32-15-17-33(70)18-16-32)62-50(78)39(25-44(72)73)63-47(75)36(13-9-19-60-56(58)59)61-46(74)35(57)27-85/h6-8,11-12,15-18,29-30,34-43,45,70-71,85-86H,5,9-10,13-14,19-28,57H2,1-4H3,(H,61,74)(H,62,78)(H,63,75)(H,64,80)(H,65,77)(H,66,76)(H,67,79)(H,72,73)(H,83,84)(H4,58,59,60)/t30-,34+,35-,36-,37-,38-,39-,40-,41-,42-,43-,45-/m0/s1. The Balaban J connectivity index is 1.64. The molecule has 28 nitrogen and oxygen atoms in total. The van der Waals surface area contributed by atoms with E-state index >= 15 is 4.79 Å². The molecule has 12 atom stereocenters. The lowest BCUT2D eigenvalue weighted by molar-refractivity contribution is -0.148. The molecule has 9 amide bonds. The number of aliphatic hydroxyl groups is 1. The van der Waals surface area contributed by atoms with Crippen LogP contribution in [-0.2, 0) is 65.6 Å². The number of thiol groups is 2. The lowest BCUT2D eigenvalue weighted by Crippen LogP contribution is -2.61. The second kappa shape index (κ2) is 34.4. The third-order valence-electron chi connectivity index (χ3n) is 14.6. The van der Waals surface area contributed by atoms with Gasteiger partial charge in [-0.05, 0) is 67.2 Å². The molecule has 2 saturated heterocycles. The number of aliphatic carboxylic acids is 2. The van der Waals surface area contributed by atoms with Crippen molar-refractivity contribution in [3.8, 4) is 5.75 Å². The highest BCUT2D eigenvalue weighted by molar-refractivity contribution is 7.80. The number of carbonyl (C=O) groups is 11. The third-order valence-corrected chi connectivity index (χ3v) is 15.4. The topological polar surface area (TPSA) is 450 Å². The van der Waals surface area contributed by atoms with E-state index in [1.807, 2.05) is 0 Å². The molecule has 86 heavy (non-hydrogen) atoms. The van der Waals surface area contributed by atoms with E-state index in [0.29, 0.717) is 24.0 Å². The van der Waals surface area contributed by atoms with Crippen LogP contribution in [0.3, 0.4) is 0 Å². The lowest BCUT2D eigenvalue weighted by Gasteiger charge is -2.34. The Hall–Kier alpha value is -7.70. The number of nitrogens with one attached hydrogen (secondary N) is 7. The fourth-order valence-corrected chi connectivity index (χ4v) is 10.2. The summed E-state index contributed by atoms with van der Waals surface area (Å²) in [7, 11) is 0. The first-order valence-corrected chi connectivity index (χ1v) is 29.6. The summed E-state index contributed by atoms with van der Waals surface area (Å²) < 4.78 is 0. The Bertz CT molecular complexity index is 2720. The van der Waals surface area contributed by atoms with Crippen molar-refractivity contribution in [1.29, 1.82) is 0 Å². The van der Waals surface area contributed by atoms with Crippen molar-refractivity contribution >= 4 is 96.3 Å². The number of rotatable bonds is 33. The molecule has 0 saturated carbocycles. The number of likely N-dealkylation sites (tertiary alicyclic amines) is 2. The normalized spacial score (nSPS) is 18.7. The molecular formula is C56H83N13O15S2. The van der Waals surface area contributed by atoms with E-state index in [4.69, 9.17) is 17.2 Å². The van der Waals surface area contributed by atoms with Crippen LogP contribution >= 0.6 is 25.3 Å². The van der Waals surface area contributed by atoms with Crippen molar-refractivity contribution in [2.45, 2.75) is 158 Å². The number of hydrogen-bond donors (Lipinski definition) is 16. The maximum absolute atomic E-state index is 15.1. The molecule has 30 heteroatoms. The minimum atomic E-state index is -1.87. The van der Waals surface area contributed by atoms with Crippen LogP contribution in [0.25, 0.3) is 0 Å². The zero-order valence-corrected chi connectivity index (χ0v) is 50.3. The van der Waals surface area contributed by atoms with Crippen LogP contribution in [0.1, 0.15) is 90.2 Å². The molecule has 0 aromatic heterocycles. The Morgan fingerprint density at radius 2 is 1.23 bits per heavy atom. The number of guanidine groups is 1. The van der Waals surface area contributed by atoms with Crippen LogP contribution in [0.15, 0.2) is 59.6 Å². The number of phenols is 1. The average Bonchev–Trinajstić information content (AvgIpc) is 2.62. The molecule has 2 heterocycles. The number of hydrogen-bond acceptors (Lipinski definition) is 17. The van der Waals surface area contributed by atoms with Gasteiger partial charge in [-0.25, -0.2) is 4.79 Å². The van der Waals surface area contributed by atoms with Gasteiger partial charge in [0, 0.05) is 50.4 Å². The monoisotopic (exact) mass is 1240 g/mol. The Labute approximate surface area is 509 Å². The number of aliphatic imine (C=N–C) groups is 1. The molecule has 0 bridgehead atoms. The molecule has 4 rings (SSSR count). The van der Waals surface area contributed by atoms with Gasteiger partial charge in [0.15, 0.2) is 5.96 Å². The molecule has 2 aromatic rings. The number of nitrogens with two attached hydrogens (primary N) is 3. The van der Waals surface area contributed by atoms with E-state index in [-0.39, 0.29) is 93.7 Å². The molecule has 0 spiro atoms. The molecule has 17 N–H and O–H groups in total. The Morgan fingerprint density at radius 3 is 1.83 bits per heavy atom. The van der Waals surface area contributed by atoms with Crippen LogP contribution in [-0.4, -0.2) is 199 Å². The van der Waals surface area contributed by atoms with Gasteiger partial charge >= 0.3 is 11.9 Å². The van der Waals surface area contributed by atoms with Gasteiger partial charge in [-0.1, -0.05) is 76.6 Å². The molecular weight excluding hydrogens is 1160 g/mol. The first-order chi connectivity index (χ1) is 40.7. The third kappa shape index (κ3) is 21.7. The highest BCUT2D eigenvalue weighted by Crippen LogP contribution is 2.27. The molecule has 0 unspecified atom stereocenters. The zero-order chi connectivity index (χ0) is 63.9. The van der Waals surface area contributed by atoms with Crippen molar-refractivity contribution in [2.24, 2.45) is 34.0 Å². The van der Waals surface area contributed by atoms with E-state index < -0.39 is 144 Å². The highest BCUT2D eigenvalue weighted by Gasteiger charge is 2.47. The summed E-state index contributed by atoms with van der Waals surface area (Å²) in [4.78, 5) is 158. The predicted octanol–water partition coefficient (Wildman–Crippen LogP) is -2.58. The summed E-state index contributed by atoms with van der Waals surface area (Å²) in [5.74, 6) is -11.9. The van der Waals surface area contributed by atoms with Crippen molar-refractivity contribution in [1.82, 2.24) is 47.0 Å². The van der Waals surface area contributed by atoms with Gasteiger partial charge in [-0.2, -0.15) is 25.3 Å². The summed E-state index contributed by atoms with van der Waals surface area (Å²) in [5, 5.41) is 58.4. The van der Waals surface area contributed by atoms with Gasteiger partial charge in [0.1, 0.15) is 60.1 Å². The number of β-amino-alcohol motifs (C(OH)–C–C–N with tert-alkyl or cyclic N) is 1. The lowest BCUT2D eigenvalue weighted by atomic mass is 9.96. The second-order valence-corrected chi connectivity index (χ2v) is 22.6. The SMILES string of the molecule is CC[C@H](C)[C@H](NC(=O)[C@@H]1C[C@@H](O)CN1C(=O)[C@@H]1CCCN1C(=O)[C@H](Cc1ccccc1)NC(=O)[C@H](Cc1ccc(O)cc1)NC(=O)[C@H](CC(=O)O)NC(=O)[C@H](CCCN=C(N)N)NC(=O)[C@@H](N)CS)C(=O)N[C@@H](CC(C)C)C(=O)N[C@@H](CS)C(=O)O. The number of aromatic hydroxyl groups is 1. The van der Waals surface area contributed by atoms with E-state index in [1.165, 1.54) is 29.2 Å². The van der Waals surface area contributed by atoms with E-state index in [0.717, 1.165) is 4.90 Å². The van der Waals surface area contributed by atoms with Crippen molar-refractivity contribution in [2.75, 3.05) is 31.1 Å². The van der Waals surface area contributed by atoms with Crippen LogP contribution in [0.4, 0.5) is 0 Å². The largest absolute Gasteiger partial charge is 0.508 e. The smallest absolute Gasteiger partial charge is 0.327 e. The minimum absolute atomic E-state index is 0.00674. The summed E-state index contributed by atoms with van der Waals surface area (Å²) >= 11 is 8.04. The van der Waals surface area contributed by atoms with Gasteiger partial charge in [-0.15, -0.1) is 0 Å². The molecule has 0 aliphatic carbocycles. The summed E-state index contributed by atoms with van der Waals surface area (Å²) in [6, 6.07) is 0.191. The van der Waals surface area contributed by atoms with Crippen molar-refractivity contribution in [3.63, 3.8) is 0 Å². The summed E-state index contributed by atoms with van der Waals surface area (Å²) in [5.41, 5.74) is 17.6. The van der Waals surface area contributed by atoms with Crippen LogP contribution in [0.2, 0.25) is 0 Å². The number of carbonyl (C=O) groups excluding carboxylic acids is 9. The van der Waals surface area contributed by atoms with Crippen molar-refractivity contribution in [3.05, 3.63) is 65.7 Å². The number of carboxylic acids is 2. The van der Waals surface area contributed by atoms with Gasteiger partial charge in [0.05, 0.1) is 18.6 Å². The molecule has 474 valence electrons. The maximum atomic E-state index is 15.1. The number of phenolic OH excluding ortho intramolecular Hbond substituents is 1. The minimum Gasteiger partial charge on any atom is -0.508 e. The first kappa shape index (κ1) is 70.8. The van der Waals surface area contributed by atoms with Gasteiger partial charge < -0.3 is 84.6 Å². The maximum Gasteiger partial charge on any atom is 0.327 e. The van der Waals surface area contributed by atoms with Gasteiger partial charge in [0.25, 0.3) is 0 Å². The summed E-state index contributed by atoms with van der Waals surface area (Å²) in [6.07, 6.45) is -2.02. The van der Waals surface area contributed by atoms with Crippen LogP contribution < -0.4 is 54.4 Å². The molecule has 2 aromatic carbocycles. The Kier molecular flexibility index (Phi) is 28.4. The van der Waals surface area contributed by atoms with Crippen LogP contribution in [0, 0.1) is 11.8 Å². The zero-order valence-electron chi connectivity index (χ0n) is 48.6.